The first-order chi connectivity index (χ1) is 14.9. The molecule has 1 aromatic rings. The van der Waals surface area contributed by atoms with Crippen LogP contribution < -0.4 is 19.9 Å². The first-order valence-corrected chi connectivity index (χ1v) is 9.27. The fourth-order valence-corrected chi connectivity index (χ4v) is 2.99. The summed E-state index contributed by atoms with van der Waals surface area (Å²) in [5.41, 5.74) is 4.55. The van der Waals surface area contributed by atoms with Gasteiger partial charge in [-0.15, -0.1) is 39.5 Å². The molecule has 190 valence electrons. The lowest BCUT2D eigenvalue weighted by atomic mass is 9.91. The number of rotatable bonds is 11. The van der Waals surface area contributed by atoms with Gasteiger partial charge in [-0.2, -0.15) is 0 Å². The van der Waals surface area contributed by atoms with E-state index in [1.54, 1.807) is 6.92 Å². The quantitative estimate of drug-likeness (QED) is 0.395. The highest BCUT2D eigenvalue weighted by atomic mass is 19.4. The number of carbonyl (C=O) groups is 1. The highest BCUT2D eigenvalue weighted by Gasteiger charge is 2.38. The Morgan fingerprint density at radius 1 is 0.939 bits per heavy atom. The lowest BCUT2D eigenvalue weighted by Gasteiger charge is -2.21. The van der Waals surface area contributed by atoms with E-state index in [2.05, 4.69) is 14.2 Å². The maximum atomic E-state index is 12.8. The summed E-state index contributed by atoms with van der Waals surface area (Å²) >= 11 is 0. The Bertz CT molecular complexity index is 756. The lowest BCUT2D eigenvalue weighted by molar-refractivity contribution is -0.278. The summed E-state index contributed by atoms with van der Waals surface area (Å²) in [4.78, 5) is 11.0. The zero-order valence-corrected chi connectivity index (χ0v) is 16.9. The van der Waals surface area contributed by atoms with Crippen LogP contribution in [0.3, 0.4) is 0 Å². The lowest BCUT2D eigenvalue weighted by Crippen LogP contribution is -2.25. The van der Waals surface area contributed by atoms with Gasteiger partial charge in [-0.25, -0.2) is 0 Å². The molecule has 0 spiro atoms. The van der Waals surface area contributed by atoms with Crippen LogP contribution in [0.25, 0.3) is 0 Å². The van der Waals surface area contributed by atoms with Crippen LogP contribution in [0, 0.1) is 11.8 Å². The highest BCUT2D eigenvalue weighted by Crippen LogP contribution is 2.41. The third kappa shape index (κ3) is 11.2. The van der Waals surface area contributed by atoms with E-state index in [1.165, 1.54) is 0 Å². The Labute approximate surface area is 181 Å². The third-order valence-corrected chi connectivity index (χ3v) is 4.27. The summed E-state index contributed by atoms with van der Waals surface area (Å²) in [7, 11) is 0. The summed E-state index contributed by atoms with van der Waals surface area (Å²) in [5.74, 6) is -6.52. The zero-order valence-electron chi connectivity index (χ0n) is 16.9. The Morgan fingerprint density at radius 2 is 1.39 bits per heavy atom. The van der Waals surface area contributed by atoms with Gasteiger partial charge in [-0.1, -0.05) is 13.3 Å². The minimum atomic E-state index is -5.44. The topological polar surface area (TPSA) is 91.0 Å². The maximum absolute atomic E-state index is 12.8. The van der Waals surface area contributed by atoms with Gasteiger partial charge in [0.2, 0.25) is 0 Å². The van der Waals surface area contributed by atoms with Gasteiger partial charge in [0.1, 0.15) is 17.2 Å². The van der Waals surface area contributed by atoms with Gasteiger partial charge in [0.05, 0.1) is 5.92 Å². The van der Waals surface area contributed by atoms with Crippen molar-refractivity contribution in [3.8, 4) is 17.2 Å². The summed E-state index contributed by atoms with van der Waals surface area (Å²) in [6, 6.07) is 0.301. The second-order valence-corrected chi connectivity index (χ2v) is 7.05. The van der Waals surface area contributed by atoms with Crippen molar-refractivity contribution in [2.24, 2.45) is 17.6 Å². The zero-order chi connectivity index (χ0) is 25.6. The van der Waals surface area contributed by atoms with E-state index in [0.717, 1.165) is 0 Å². The van der Waals surface area contributed by atoms with Gasteiger partial charge in [0.15, 0.2) is 0 Å². The molecule has 2 unspecified atom stereocenters. The first-order valence-electron chi connectivity index (χ1n) is 9.27. The number of hydrogen-bond donors (Lipinski definition) is 2. The molecule has 3 N–H and O–H groups in total. The second kappa shape index (κ2) is 11.0. The smallest absolute Gasteiger partial charge is 0.481 e. The predicted octanol–water partition coefficient (Wildman–Crippen LogP) is 5.39. The maximum Gasteiger partial charge on any atom is 0.573 e. The average molecular weight is 501 g/mol. The van der Waals surface area contributed by atoms with Gasteiger partial charge in [-0.05, 0) is 25.2 Å². The molecular formula is C18H20F9NO5. The van der Waals surface area contributed by atoms with Gasteiger partial charge in [0, 0.05) is 24.2 Å². The van der Waals surface area contributed by atoms with Gasteiger partial charge < -0.3 is 25.1 Å². The monoisotopic (exact) mass is 501 g/mol. The van der Waals surface area contributed by atoms with Crippen LogP contribution in [0.2, 0.25) is 0 Å². The molecule has 0 aromatic heterocycles. The minimum Gasteiger partial charge on any atom is -0.481 e. The number of benzene rings is 1. The van der Waals surface area contributed by atoms with Crippen molar-refractivity contribution in [2.45, 2.75) is 51.7 Å². The van der Waals surface area contributed by atoms with Crippen LogP contribution in [0.4, 0.5) is 39.5 Å². The Morgan fingerprint density at radius 3 is 1.76 bits per heavy atom. The predicted molar refractivity (Wildman–Crippen MR) is 93.4 cm³/mol. The molecule has 6 nitrogen and oxygen atoms in total. The van der Waals surface area contributed by atoms with Crippen molar-refractivity contribution in [1.82, 2.24) is 0 Å². The number of nitrogens with two attached hydrogens (primary N) is 1. The van der Waals surface area contributed by atoms with Crippen molar-refractivity contribution in [3.05, 3.63) is 17.7 Å². The third-order valence-electron chi connectivity index (χ3n) is 4.27. The first kappa shape index (κ1) is 28.5. The molecule has 0 heterocycles. The number of hydrogen-bond acceptors (Lipinski definition) is 5. The molecule has 0 aliphatic rings. The normalized spacial score (nSPS) is 14.5. The van der Waals surface area contributed by atoms with Crippen molar-refractivity contribution >= 4 is 5.97 Å². The molecular weight excluding hydrogens is 481 g/mol. The Balaban J connectivity index is 3.23. The molecule has 0 fully saturated rings. The van der Waals surface area contributed by atoms with E-state index in [1.807, 2.05) is 0 Å². The van der Waals surface area contributed by atoms with E-state index in [0.29, 0.717) is 0 Å². The fraction of sp³-hybridized carbons (Fsp3) is 0.611. The number of alkyl halides is 9. The van der Waals surface area contributed by atoms with Gasteiger partial charge >= 0.3 is 25.1 Å². The Kier molecular flexibility index (Phi) is 9.51. The molecule has 0 radical (unpaired) electrons. The van der Waals surface area contributed by atoms with E-state index < -0.39 is 60.2 Å². The molecule has 33 heavy (non-hydrogen) atoms. The summed E-state index contributed by atoms with van der Waals surface area (Å²) in [6.07, 6.45) is -16.6. The molecule has 0 aliphatic heterocycles. The van der Waals surface area contributed by atoms with Gasteiger partial charge in [-0.3, -0.25) is 4.79 Å². The van der Waals surface area contributed by atoms with Crippen LogP contribution in [0.5, 0.6) is 17.2 Å². The Hall–Kier alpha value is -2.58. The largest absolute Gasteiger partial charge is 0.573 e. The van der Waals surface area contributed by atoms with Crippen molar-refractivity contribution in [2.75, 3.05) is 6.54 Å². The van der Waals surface area contributed by atoms with Crippen LogP contribution in [-0.2, 0) is 11.2 Å². The molecule has 0 amide bonds. The van der Waals surface area contributed by atoms with Crippen LogP contribution in [0.15, 0.2) is 12.1 Å². The molecule has 15 heteroatoms. The van der Waals surface area contributed by atoms with Crippen molar-refractivity contribution in [1.29, 1.82) is 0 Å². The standard InChI is InChI=1S/C18H20F9NO5/c1-9(5-10(8-28)15(29)30)3-2-4-12-13(32-17(22,23)24)6-11(31-16(19,20)21)7-14(12)33-18(25,26)27/h6-7,9-10H,2-5,8,28H2,1H3,(H,29,30). The summed E-state index contributed by atoms with van der Waals surface area (Å²) in [6.45, 7) is 1.43. The van der Waals surface area contributed by atoms with Crippen LogP contribution >= 0.6 is 0 Å². The molecule has 0 bridgehead atoms. The van der Waals surface area contributed by atoms with Crippen LogP contribution in [-0.4, -0.2) is 36.7 Å². The van der Waals surface area contributed by atoms with Crippen molar-refractivity contribution in [3.63, 3.8) is 0 Å². The molecule has 1 rings (SSSR count). The summed E-state index contributed by atoms with van der Waals surface area (Å²) in [5, 5.41) is 9.00. The van der Waals surface area contributed by atoms with E-state index >= 15 is 0 Å². The number of ether oxygens (including phenoxy) is 3. The van der Waals surface area contributed by atoms with E-state index in [-0.39, 0.29) is 43.9 Å². The number of carboxylic acids is 1. The molecule has 0 saturated heterocycles. The molecule has 2 atom stereocenters. The number of halogens is 9. The molecule has 0 saturated carbocycles. The van der Waals surface area contributed by atoms with E-state index in [9.17, 15) is 44.3 Å². The number of aliphatic carboxylic acids is 1. The fourth-order valence-electron chi connectivity index (χ4n) is 2.99. The molecule has 1 aromatic carbocycles. The minimum absolute atomic E-state index is 0.0695. The second-order valence-electron chi connectivity index (χ2n) is 7.05. The van der Waals surface area contributed by atoms with E-state index in [4.69, 9.17) is 10.8 Å². The average Bonchev–Trinajstić information content (AvgIpc) is 2.57. The van der Waals surface area contributed by atoms with Crippen molar-refractivity contribution < 1.29 is 63.6 Å². The highest BCUT2D eigenvalue weighted by molar-refractivity contribution is 5.70. The van der Waals surface area contributed by atoms with Crippen LogP contribution in [0.1, 0.15) is 31.7 Å². The SMILES string of the molecule is CC(CCCc1c(OC(F)(F)F)cc(OC(F)(F)F)cc1OC(F)(F)F)CC(CN)C(=O)O. The summed E-state index contributed by atoms with van der Waals surface area (Å²) < 4.78 is 125. The number of carboxylic acid groups (broad SMARTS) is 1. The molecule has 0 aliphatic carbocycles. The van der Waals surface area contributed by atoms with Gasteiger partial charge in [0.25, 0.3) is 0 Å².